The molecule has 0 bridgehead atoms. The highest BCUT2D eigenvalue weighted by Crippen LogP contribution is 2.30. The Morgan fingerprint density at radius 1 is 1.18 bits per heavy atom. The summed E-state index contributed by atoms with van der Waals surface area (Å²) in [4.78, 5) is 31.0. The number of phenolic OH excluding ortho intramolecular Hbond substituents is 1. The number of aromatic nitrogens is 4. The van der Waals surface area contributed by atoms with Crippen molar-refractivity contribution < 1.29 is 19.4 Å². The molecule has 12 heteroatoms. The van der Waals surface area contributed by atoms with E-state index < -0.39 is 11.9 Å². The van der Waals surface area contributed by atoms with Gasteiger partial charge < -0.3 is 15.2 Å². The summed E-state index contributed by atoms with van der Waals surface area (Å²) in [6.45, 7) is 0.731. The molecule has 2 N–H and O–H groups in total. The van der Waals surface area contributed by atoms with E-state index in [1.165, 1.54) is 33.2 Å². The van der Waals surface area contributed by atoms with Crippen LogP contribution in [-0.4, -0.2) is 56.4 Å². The molecule has 2 atom stereocenters. The second-order valence-electron chi connectivity index (χ2n) is 8.74. The van der Waals surface area contributed by atoms with Crippen LogP contribution in [0.3, 0.4) is 0 Å². The van der Waals surface area contributed by atoms with E-state index in [4.69, 9.17) is 16.3 Å². The smallest absolute Gasteiger partial charge is 0.251 e. The van der Waals surface area contributed by atoms with Gasteiger partial charge in [-0.1, -0.05) is 29.8 Å². The van der Waals surface area contributed by atoms with E-state index in [2.05, 4.69) is 20.7 Å². The van der Waals surface area contributed by atoms with E-state index in [9.17, 15) is 14.7 Å². The lowest BCUT2D eigenvalue weighted by Crippen LogP contribution is -2.46. The van der Waals surface area contributed by atoms with Gasteiger partial charge in [0.1, 0.15) is 18.3 Å². The number of amides is 2. The average Bonchev–Trinajstić information content (AvgIpc) is 3.70. The summed E-state index contributed by atoms with van der Waals surface area (Å²) in [5.41, 5.74) is 0.977. The van der Waals surface area contributed by atoms with Crippen molar-refractivity contribution in [1.29, 1.82) is 0 Å². The SMILES string of the molecule is O=C(NC[C@H]1CCCO1)[C@H](c1ccc(O)cc1)N(C(=O)Cn1nnc(-c2cccs2)n1)c1ccc(Cl)cc1. The third-order valence-electron chi connectivity index (χ3n) is 6.09. The van der Waals surface area contributed by atoms with E-state index in [1.807, 2.05) is 17.5 Å². The maximum atomic E-state index is 13.9. The second kappa shape index (κ2) is 11.7. The number of ether oxygens (including phenoxy) is 1. The van der Waals surface area contributed by atoms with Gasteiger partial charge >= 0.3 is 0 Å². The van der Waals surface area contributed by atoms with Crippen molar-refractivity contribution in [2.24, 2.45) is 0 Å². The van der Waals surface area contributed by atoms with Crippen molar-refractivity contribution in [2.75, 3.05) is 18.1 Å². The van der Waals surface area contributed by atoms with Crippen molar-refractivity contribution >= 4 is 40.4 Å². The number of nitrogens with one attached hydrogen (secondary N) is 1. The summed E-state index contributed by atoms with van der Waals surface area (Å²) in [7, 11) is 0. The number of hydrogen-bond acceptors (Lipinski definition) is 8. The van der Waals surface area contributed by atoms with Crippen molar-refractivity contribution in [1.82, 2.24) is 25.5 Å². The van der Waals surface area contributed by atoms with Crippen molar-refractivity contribution in [3.63, 3.8) is 0 Å². The molecule has 38 heavy (non-hydrogen) atoms. The number of benzene rings is 2. The molecule has 4 aromatic rings. The molecule has 5 rings (SSSR count). The number of rotatable bonds is 9. The number of hydrogen-bond donors (Lipinski definition) is 2. The van der Waals surface area contributed by atoms with Gasteiger partial charge in [0.2, 0.25) is 11.7 Å². The minimum Gasteiger partial charge on any atom is -0.508 e. The van der Waals surface area contributed by atoms with Gasteiger partial charge in [-0.2, -0.15) is 4.80 Å². The first-order valence-corrected chi connectivity index (χ1v) is 13.3. The number of thiophene rings is 1. The molecule has 1 aliphatic heterocycles. The number of tetrazole rings is 1. The summed E-state index contributed by atoms with van der Waals surface area (Å²) < 4.78 is 5.65. The molecular formula is C26H25ClN6O4S. The Balaban J connectivity index is 1.48. The number of nitrogens with zero attached hydrogens (tertiary/aromatic N) is 5. The predicted molar refractivity (Wildman–Crippen MR) is 143 cm³/mol. The van der Waals surface area contributed by atoms with Crippen LogP contribution in [0.1, 0.15) is 24.4 Å². The summed E-state index contributed by atoms with van der Waals surface area (Å²) in [6, 6.07) is 15.5. The van der Waals surface area contributed by atoms with Gasteiger partial charge in [0, 0.05) is 23.9 Å². The molecule has 0 radical (unpaired) electrons. The maximum absolute atomic E-state index is 13.9. The van der Waals surface area contributed by atoms with Crippen LogP contribution in [0.5, 0.6) is 5.75 Å². The summed E-state index contributed by atoms with van der Waals surface area (Å²) >= 11 is 7.59. The molecule has 0 aliphatic carbocycles. The Morgan fingerprint density at radius 3 is 2.66 bits per heavy atom. The highest BCUT2D eigenvalue weighted by molar-refractivity contribution is 7.13. The monoisotopic (exact) mass is 552 g/mol. The van der Waals surface area contributed by atoms with Crippen molar-refractivity contribution in [2.45, 2.75) is 31.5 Å². The Hall–Kier alpha value is -3.80. The van der Waals surface area contributed by atoms with Crippen LogP contribution in [0.25, 0.3) is 10.7 Å². The summed E-state index contributed by atoms with van der Waals surface area (Å²) in [5, 5.41) is 27.6. The van der Waals surface area contributed by atoms with E-state index >= 15 is 0 Å². The number of phenols is 1. The average molecular weight is 553 g/mol. The molecule has 1 aliphatic rings. The Morgan fingerprint density at radius 2 is 1.97 bits per heavy atom. The molecule has 2 amide bonds. The zero-order valence-electron chi connectivity index (χ0n) is 20.2. The molecule has 0 saturated carbocycles. The first kappa shape index (κ1) is 25.8. The zero-order valence-corrected chi connectivity index (χ0v) is 21.8. The number of anilines is 1. The number of carbonyl (C=O) groups is 2. The molecule has 1 saturated heterocycles. The van der Waals surface area contributed by atoms with Crippen LogP contribution < -0.4 is 10.2 Å². The zero-order chi connectivity index (χ0) is 26.5. The highest BCUT2D eigenvalue weighted by Gasteiger charge is 2.34. The van der Waals surface area contributed by atoms with E-state index in [1.54, 1.807) is 36.4 Å². The summed E-state index contributed by atoms with van der Waals surface area (Å²) in [6.07, 6.45) is 1.72. The Kier molecular flexibility index (Phi) is 7.97. The Labute approximate surface area is 227 Å². The normalized spacial score (nSPS) is 15.8. The van der Waals surface area contributed by atoms with Crippen molar-refractivity contribution in [3.8, 4) is 16.5 Å². The fourth-order valence-electron chi connectivity index (χ4n) is 4.24. The molecule has 3 heterocycles. The fraction of sp³-hybridized carbons (Fsp3) is 0.269. The molecule has 0 spiro atoms. The first-order valence-electron chi connectivity index (χ1n) is 12.1. The van der Waals surface area contributed by atoms with Crippen LogP contribution in [0, 0.1) is 0 Å². The Bertz CT molecular complexity index is 1370. The van der Waals surface area contributed by atoms with Gasteiger partial charge in [-0.25, -0.2) is 0 Å². The molecule has 0 unspecified atom stereocenters. The third kappa shape index (κ3) is 6.01. The van der Waals surface area contributed by atoms with Gasteiger partial charge in [-0.3, -0.25) is 14.5 Å². The molecule has 10 nitrogen and oxygen atoms in total. The van der Waals surface area contributed by atoms with E-state index in [0.717, 1.165) is 17.7 Å². The second-order valence-corrected chi connectivity index (χ2v) is 10.1. The summed E-state index contributed by atoms with van der Waals surface area (Å²) in [5.74, 6) is -0.368. The minimum absolute atomic E-state index is 0.0459. The number of aromatic hydroxyl groups is 1. The van der Waals surface area contributed by atoms with Crippen LogP contribution in [0.4, 0.5) is 5.69 Å². The highest BCUT2D eigenvalue weighted by atomic mass is 35.5. The molecular weight excluding hydrogens is 528 g/mol. The predicted octanol–water partition coefficient (Wildman–Crippen LogP) is 3.83. The standard InChI is InChI=1S/C26H25ClN6O4S/c27-18-7-9-19(10-8-18)33(23(35)16-32-30-25(29-31-32)22-4-2-14-38-22)24(17-5-11-20(34)12-6-17)26(36)28-15-21-3-1-13-37-21/h2,4-12,14,21,24,34H,1,3,13,15-16H2,(H,28,36)/t21-,24+/m1/s1. The molecule has 196 valence electrons. The maximum Gasteiger partial charge on any atom is 0.251 e. The van der Waals surface area contributed by atoms with Gasteiger partial charge in [0.25, 0.3) is 5.91 Å². The van der Waals surface area contributed by atoms with Gasteiger partial charge in [-0.05, 0) is 71.5 Å². The van der Waals surface area contributed by atoms with E-state index in [0.29, 0.717) is 35.2 Å². The van der Waals surface area contributed by atoms with Crippen LogP contribution in [0.15, 0.2) is 66.0 Å². The topological polar surface area (TPSA) is 122 Å². The lowest BCUT2D eigenvalue weighted by Gasteiger charge is -2.31. The van der Waals surface area contributed by atoms with Gasteiger partial charge in [0.15, 0.2) is 0 Å². The quantitative estimate of drug-likeness (QED) is 0.323. The fourth-order valence-corrected chi connectivity index (χ4v) is 5.02. The third-order valence-corrected chi connectivity index (χ3v) is 7.21. The van der Waals surface area contributed by atoms with E-state index in [-0.39, 0.29) is 24.3 Å². The molecule has 2 aromatic heterocycles. The largest absolute Gasteiger partial charge is 0.508 e. The molecule has 1 fully saturated rings. The van der Waals surface area contributed by atoms with Gasteiger partial charge in [0.05, 0.1) is 11.0 Å². The van der Waals surface area contributed by atoms with Crippen LogP contribution in [-0.2, 0) is 20.9 Å². The first-order chi connectivity index (χ1) is 18.5. The van der Waals surface area contributed by atoms with Crippen LogP contribution in [0.2, 0.25) is 5.02 Å². The lowest BCUT2D eigenvalue weighted by molar-refractivity contribution is -0.127. The molecule has 2 aromatic carbocycles. The number of halogens is 1. The van der Waals surface area contributed by atoms with Crippen molar-refractivity contribution in [3.05, 3.63) is 76.6 Å². The van der Waals surface area contributed by atoms with Gasteiger partial charge in [-0.15, -0.1) is 21.5 Å². The number of carbonyl (C=O) groups excluding carboxylic acids is 2. The van der Waals surface area contributed by atoms with Crippen LogP contribution >= 0.6 is 22.9 Å². The lowest BCUT2D eigenvalue weighted by atomic mass is 10.0. The minimum atomic E-state index is -1.05.